The number of benzene rings is 1. The summed E-state index contributed by atoms with van der Waals surface area (Å²) < 4.78 is 0. The van der Waals surface area contributed by atoms with E-state index in [0.29, 0.717) is 18.5 Å². The number of likely N-dealkylation sites (N-methyl/N-ethyl adjacent to an activating group) is 1. The molecule has 1 aromatic carbocycles. The summed E-state index contributed by atoms with van der Waals surface area (Å²) in [6.45, 7) is 18.0. The van der Waals surface area contributed by atoms with Crippen molar-refractivity contribution >= 4 is 11.7 Å². The molecule has 0 aliphatic rings. The molecule has 4 nitrogen and oxygen atoms in total. The monoisotopic (exact) mass is 347 g/mol. The third kappa shape index (κ3) is 7.07. The Morgan fingerprint density at radius 1 is 1.12 bits per heavy atom. The first-order chi connectivity index (χ1) is 11.7. The molecule has 25 heavy (non-hydrogen) atoms. The molecule has 1 rings (SSSR count). The maximum absolute atomic E-state index is 12.4. The number of carbonyl (C=O) groups is 1. The van der Waals surface area contributed by atoms with Gasteiger partial charge in [0.1, 0.15) is 0 Å². The molecule has 0 radical (unpaired) electrons. The van der Waals surface area contributed by atoms with E-state index in [1.807, 2.05) is 18.2 Å². The zero-order valence-corrected chi connectivity index (χ0v) is 17.1. The zero-order chi connectivity index (χ0) is 19.0. The van der Waals surface area contributed by atoms with Crippen LogP contribution in [0.2, 0.25) is 0 Å². The number of urea groups is 1. The van der Waals surface area contributed by atoms with Gasteiger partial charge in [-0.15, -0.1) is 0 Å². The van der Waals surface area contributed by atoms with Crippen LogP contribution >= 0.6 is 0 Å². The summed E-state index contributed by atoms with van der Waals surface area (Å²) in [5, 5.41) is 6.10. The van der Waals surface area contributed by atoms with Crippen molar-refractivity contribution in [1.82, 2.24) is 10.2 Å². The molecule has 1 atom stereocenters. The highest BCUT2D eigenvalue weighted by atomic mass is 16.2. The van der Waals surface area contributed by atoms with Crippen LogP contribution in [0.25, 0.3) is 0 Å². The summed E-state index contributed by atoms with van der Waals surface area (Å²) in [7, 11) is 0. The standard InChI is InChI=1S/C21H37N3O/c1-8-24(9-2)17(14-16(3)4)15-22-20(25)23-19-13-11-10-12-18(19)21(5,6)7/h10-13,16-17H,8-9,14-15H2,1-7H3,(H2,22,23,25). The topological polar surface area (TPSA) is 44.4 Å². The number of amides is 2. The molecule has 0 bridgehead atoms. The summed E-state index contributed by atoms with van der Waals surface area (Å²) in [5.74, 6) is 0.608. The SMILES string of the molecule is CCN(CC)C(CNC(=O)Nc1ccccc1C(C)(C)C)CC(C)C. The van der Waals surface area contributed by atoms with Crippen molar-refractivity contribution < 1.29 is 4.79 Å². The van der Waals surface area contributed by atoms with Crippen LogP contribution in [0.3, 0.4) is 0 Å². The summed E-state index contributed by atoms with van der Waals surface area (Å²) in [4.78, 5) is 14.9. The van der Waals surface area contributed by atoms with Crippen LogP contribution in [0.5, 0.6) is 0 Å². The van der Waals surface area contributed by atoms with Gasteiger partial charge in [0.25, 0.3) is 0 Å². The molecule has 2 N–H and O–H groups in total. The van der Waals surface area contributed by atoms with Gasteiger partial charge in [-0.05, 0) is 42.5 Å². The molecular formula is C21H37N3O. The Hall–Kier alpha value is -1.55. The quantitative estimate of drug-likeness (QED) is 0.705. The van der Waals surface area contributed by atoms with Crippen LogP contribution in [-0.2, 0) is 5.41 Å². The summed E-state index contributed by atoms with van der Waals surface area (Å²) in [6.07, 6.45) is 1.08. The molecule has 0 spiro atoms. The Morgan fingerprint density at radius 3 is 2.24 bits per heavy atom. The van der Waals surface area contributed by atoms with E-state index in [1.165, 1.54) is 0 Å². The van der Waals surface area contributed by atoms with Gasteiger partial charge < -0.3 is 10.6 Å². The first kappa shape index (κ1) is 21.5. The molecule has 1 unspecified atom stereocenters. The Labute approximate surface area is 154 Å². The predicted octanol–water partition coefficient (Wildman–Crippen LogP) is 4.86. The Balaban J connectivity index is 2.73. The van der Waals surface area contributed by atoms with E-state index in [4.69, 9.17) is 0 Å². The minimum absolute atomic E-state index is 0.00866. The van der Waals surface area contributed by atoms with Gasteiger partial charge >= 0.3 is 6.03 Å². The first-order valence-electron chi connectivity index (χ1n) is 9.57. The van der Waals surface area contributed by atoms with Crippen molar-refractivity contribution in [1.29, 1.82) is 0 Å². The van der Waals surface area contributed by atoms with Gasteiger partial charge in [-0.1, -0.05) is 66.7 Å². The Bertz CT molecular complexity index is 530. The number of nitrogens with one attached hydrogen (secondary N) is 2. The van der Waals surface area contributed by atoms with Crippen molar-refractivity contribution in [3.8, 4) is 0 Å². The molecule has 4 heteroatoms. The lowest BCUT2D eigenvalue weighted by atomic mass is 9.86. The molecule has 0 saturated heterocycles. The van der Waals surface area contributed by atoms with Crippen LogP contribution < -0.4 is 10.6 Å². The Kier molecular flexibility index (Phi) is 8.43. The van der Waals surface area contributed by atoms with E-state index < -0.39 is 0 Å². The highest BCUT2D eigenvalue weighted by Crippen LogP contribution is 2.29. The smallest absolute Gasteiger partial charge is 0.319 e. The number of hydrogen-bond donors (Lipinski definition) is 2. The molecule has 0 saturated carbocycles. The fourth-order valence-corrected chi connectivity index (χ4v) is 3.27. The van der Waals surface area contributed by atoms with Crippen LogP contribution in [0.1, 0.15) is 60.5 Å². The van der Waals surface area contributed by atoms with Crippen LogP contribution in [0, 0.1) is 5.92 Å². The number of anilines is 1. The van der Waals surface area contributed by atoms with Gasteiger partial charge in [0.05, 0.1) is 0 Å². The van der Waals surface area contributed by atoms with Gasteiger partial charge in [0, 0.05) is 18.3 Å². The summed E-state index contributed by atoms with van der Waals surface area (Å²) in [5.41, 5.74) is 2.02. The first-order valence-corrected chi connectivity index (χ1v) is 9.57. The average Bonchev–Trinajstić information content (AvgIpc) is 2.52. The third-order valence-corrected chi connectivity index (χ3v) is 4.55. The molecule has 142 valence electrons. The lowest BCUT2D eigenvalue weighted by Gasteiger charge is -2.31. The lowest BCUT2D eigenvalue weighted by molar-refractivity contribution is 0.186. The molecule has 0 aliphatic heterocycles. The molecule has 1 aromatic rings. The normalized spacial score (nSPS) is 13.2. The van der Waals surface area contributed by atoms with Crippen LogP contribution in [0.4, 0.5) is 10.5 Å². The van der Waals surface area contributed by atoms with Crippen molar-refractivity contribution in [3.63, 3.8) is 0 Å². The number of hydrogen-bond acceptors (Lipinski definition) is 2. The average molecular weight is 348 g/mol. The fourth-order valence-electron chi connectivity index (χ4n) is 3.27. The second kappa shape index (κ2) is 9.81. The van der Waals surface area contributed by atoms with E-state index in [1.54, 1.807) is 0 Å². The minimum Gasteiger partial charge on any atom is -0.336 e. The molecule has 0 fully saturated rings. The summed E-state index contributed by atoms with van der Waals surface area (Å²) >= 11 is 0. The Morgan fingerprint density at radius 2 is 1.72 bits per heavy atom. The molecular weight excluding hydrogens is 310 g/mol. The van der Waals surface area contributed by atoms with Gasteiger partial charge in [-0.3, -0.25) is 4.90 Å². The van der Waals surface area contributed by atoms with Crippen LogP contribution in [0.15, 0.2) is 24.3 Å². The minimum atomic E-state index is -0.127. The van der Waals surface area contributed by atoms with E-state index in [-0.39, 0.29) is 11.4 Å². The number of rotatable bonds is 8. The van der Waals surface area contributed by atoms with Gasteiger partial charge in [0.2, 0.25) is 0 Å². The second-order valence-corrected chi connectivity index (χ2v) is 8.14. The molecule has 0 aliphatic carbocycles. The van der Waals surface area contributed by atoms with Crippen molar-refractivity contribution in [2.45, 2.75) is 66.3 Å². The van der Waals surface area contributed by atoms with Crippen molar-refractivity contribution in [2.24, 2.45) is 5.92 Å². The third-order valence-electron chi connectivity index (χ3n) is 4.55. The predicted molar refractivity (Wildman–Crippen MR) is 108 cm³/mol. The van der Waals surface area contributed by atoms with Crippen molar-refractivity contribution in [2.75, 3.05) is 25.0 Å². The molecule has 0 aromatic heterocycles. The van der Waals surface area contributed by atoms with Gasteiger partial charge in [-0.25, -0.2) is 4.79 Å². The fraction of sp³-hybridized carbons (Fsp3) is 0.667. The molecule has 0 heterocycles. The maximum Gasteiger partial charge on any atom is 0.319 e. The lowest BCUT2D eigenvalue weighted by Crippen LogP contribution is -2.45. The second-order valence-electron chi connectivity index (χ2n) is 8.14. The van der Waals surface area contributed by atoms with Gasteiger partial charge in [-0.2, -0.15) is 0 Å². The highest BCUT2D eigenvalue weighted by molar-refractivity contribution is 5.90. The van der Waals surface area contributed by atoms with E-state index in [2.05, 4.69) is 70.1 Å². The maximum atomic E-state index is 12.4. The van der Waals surface area contributed by atoms with E-state index >= 15 is 0 Å². The molecule has 2 amide bonds. The zero-order valence-electron chi connectivity index (χ0n) is 17.1. The highest BCUT2D eigenvalue weighted by Gasteiger charge is 2.20. The number of para-hydroxylation sites is 1. The summed E-state index contributed by atoms with van der Waals surface area (Å²) in [6, 6.07) is 8.27. The van der Waals surface area contributed by atoms with E-state index in [0.717, 1.165) is 30.8 Å². The van der Waals surface area contributed by atoms with Crippen LogP contribution in [-0.4, -0.2) is 36.6 Å². The number of nitrogens with zero attached hydrogens (tertiary/aromatic N) is 1. The van der Waals surface area contributed by atoms with Crippen molar-refractivity contribution in [3.05, 3.63) is 29.8 Å². The van der Waals surface area contributed by atoms with Gasteiger partial charge in [0.15, 0.2) is 0 Å². The largest absolute Gasteiger partial charge is 0.336 e. The van der Waals surface area contributed by atoms with E-state index in [9.17, 15) is 4.79 Å². The number of carbonyl (C=O) groups excluding carboxylic acids is 1.